The fraction of sp³-hybridized carbons (Fsp3) is 0.538. The second kappa shape index (κ2) is 4.12. The largest absolute Gasteiger partial charge is 0.244 e. The number of aryl methyl sites for hydroxylation is 1. The standard InChI is InChI=1S/C13H19F/c1-5-11-7-6-8-12(9-11)10(2)13(3,4)14/h6-10H,5H2,1-4H3. The molecule has 0 bridgehead atoms. The van der Waals surface area contributed by atoms with Gasteiger partial charge in [-0.1, -0.05) is 38.1 Å². The predicted molar refractivity (Wildman–Crippen MR) is 59.4 cm³/mol. The van der Waals surface area contributed by atoms with Crippen LogP contribution in [0.15, 0.2) is 24.3 Å². The minimum absolute atomic E-state index is 0.0472. The van der Waals surface area contributed by atoms with Crippen molar-refractivity contribution < 1.29 is 4.39 Å². The van der Waals surface area contributed by atoms with Crippen LogP contribution in [0.2, 0.25) is 0 Å². The first-order valence-corrected chi connectivity index (χ1v) is 5.23. The van der Waals surface area contributed by atoms with E-state index in [0.717, 1.165) is 12.0 Å². The van der Waals surface area contributed by atoms with E-state index in [0.29, 0.717) is 0 Å². The summed E-state index contributed by atoms with van der Waals surface area (Å²) in [6.07, 6.45) is 1.01. The normalized spacial score (nSPS) is 14.1. The van der Waals surface area contributed by atoms with Gasteiger partial charge in [0.25, 0.3) is 0 Å². The quantitative estimate of drug-likeness (QED) is 0.679. The number of rotatable bonds is 3. The van der Waals surface area contributed by atoms with E-state index in [-0.39, 0.29) is 5.92 Å². The van der Waals surface area contributed by atoms with Gasteiger partial charge >= 0.3 is 0 Å². The molecule has 0 aliphatic heterocycles. The van der Waals surface area contributed by atoms with Crippen LogP contribution < -0.4 is 0 Å². The summed E-state index contributed by atoms with van der Waals surface area (Å²) in [5.41, 5.74) is 1.22. The second-order valence-corrected chi connectivity index (χ2v) is 4.38. The Labute approximate surface area is 86.2 Å². The Morgan fingerprint density at radius 2 is 2.00 bits per heavy atom. The van der Waals surface area contributed by atoms with Gasteiger partial charge in [-0.3, -0.25) is 0 Å². The lowest BCUT2D eigenvalue weighted by molar-refractivity contribution is 0.180. The van der Waals surface area contributed by atoms with Crippen molar-refractivity contribution in [1.82, 2.24) is 0 Å². The number of benzene rings is 1. The van der Waals surface area contributed by atoms with E-state index in [2.05, 4.69) is 19.1 Å². The number of hydrogen-bond acceptors (Lipinski definition) is 0. The van der Waals surface area contributed by atoms with E-state index in [1.54, 1.807) is 13.8 Å². The molecule has 0 saturated carbocycles. The maximum atomic E-state index is 13.7. The van der Waals surface area contributed by atoms with Gasteiger partial charge in [-0.15, -0.1) is 0 Å². The van der Waals surface area contributed by atoms with Gasteiger partial charge in [0.1, 0.15) is 5.67 Å². The van der Waals surface area contributed by atoms with E-state index in [9.17, 15) is 4.39 Å². The minimum atomic E-state index is -1.15. The lowest BCUT2D eigenvalue weighted by Crippen LogP contribution is -2.21. The molecule has 0 aromatic heterocycles. The van der Waals surface area contributed by atoms with E-state index < -0.39 is 5.67 Å². The second-order valence-electron chi connectivity index (χ2n) is 4.38. The third-order valence-electron chi connectivity index (χ3n) is 2.89. The van der Waals surface area contributed by atoms with E-state index in [1.165, 1.54) is 5.56 Å². The van der Waals surface area contributed by atoms with Crippen LogP contribution in [0, 0.1) is 0 Å². The van der Waals surface area contributed by atoms with Crippen molar-refractivity contribution in [2.24, 2.45) is 0 Å². The van der Waals surface area contributed by atoms with Crippen LogP contribution in [0.5, 0.6) is 0 Å². The van der Waals surface area contributed by atoms with E-state index in [4.69, 9.17) is 0 Å². The Morgan fingerprint density at radius 3 is 2.50 bits per heavy atom. The molecule has 0 N–H and O–H groups in total. The summed E-state index contributed by atoms with van der Waals surface area (Å²) in [6.45, 7) is 7.33. The molecule has 0 amide bonds. The lowest BCUT2D eigenvalue weighted by Gasteiger charge is -2.23. The van der Waals surface area contributed by atoms with Crippen molar-refractivity contribution in [3.05, 3.63) is 35.4 Å². The highest BCUT2D eigenvalue weighted by Gasteiger charge is 2.26. The Hall–Kier alpha value is -0.850. The molecule has 1 aromatic carbocycles. The first-order chi connectivity index (χ1) is 6.45. The molecule has 0 fully saturated rings. The van der Waals surface area contributed by atoms with Crippen molar-refractivity contribution in [2.45, 2.75) is 45.7 Å². The predicted octanol–water partition coefficient (Wildman–Crippen LogP) is 4.10. The van der Waals surface area contributed by atoms with Crippen LogP contribution in [0.1, 0.15) is 44.7 Å². The van der Waals surface area contributed by atoms with Crippen LogP contribution in [0.3, 0.4) is 0 Å². The monoisotopic (exact) mass is 194 g/mol. The Balaban J connectivity index is 2.95. The maximum absolute atomic E-state index is 13.7. The third kappa shape index (κ3) is 2.57. The topological polar surface area (TPSA) is 0 Å². The zero-order valence-corrected chi connectivity index (χ0v) is 9.47. The fourth-order valence-corrected chi connectivity index (χ4v) is 1.48. The number of alkyl halides is 1. The number of halogens is 1. The van der Waals surface area contributed by atoms with Crippen LogP contribution in [-0.4, -0.2) is 5.67 Å². The molecule has 0 saturated heterocycles. The minimum Gasteiger partial charge on any atom is -0.244 e. The molecule has 1 rings (SSSR count). The first kappa shape index (κ1) is 11.2. The van der Waals surface area contributed by atoms with Crippen LogP contribution in [0.4, 0.5) is 4.39 Å². The molecule has 0 aliphatic carbocycles. The summed E-state index contributed by atoms with van der Waals surface area (Å²) in [6, 6.07) is 8.20. The molecule has 1 heteroatoms. The highest BCUT2D eigenvalue weighted by atomic mass is 19.1. The van der Waals surface area contributed by atoms with Crippen LogP contribution in [-0.2, 0) is 6.42 Å². The summed E-state index contributed by atoms with van der Waals surface area (Å²) < 4.78 is 13.7. The fourth-order valence-electron chi connectivity index (χ4n) is 1.48. The highest BCUT2D eigenvalue weighted by Crippen LogP contribution is 2.30. The maximum Gasteiger partial charge on any atom is 0.112 e. The molecule has 0 aliphatic rings. The first-order valence-electron chi connectivity index (χ1n) is 5.23. The van der Waals surface area contributed by atoms with Crippen LogP contribution in [0.25, 0.3) is 0 Å². The van der Waals surface area contributed by atoms with Gasteiger partial charge in [-0.2, -0.15) is 0 Å². The zero-order valence-electron chi connectivity index (χ0n) is 9.47. The SMILES string of the molecule is CCc1cccc(C(C)C(C)(C)F)c1. The van der Waals surface area contributed by atoms with Gasteiger partial charge in [0.2, 0.25) is 0 Å². The highest BCUT2D eigenvalue weighted by molar-refractivity contribution is 5.27. The Bertz CT molecular complexity index is 296. The van der Waals surface area contributed by atoms with Crippen molar-refractivity contribution in [3.8, 4) is 0 Å². The van der Waals surface area contributed by atoms with Gasteiger partial charge in [0.05, 0.1) is 0 Å². The van der Waals surface area contributed by atoms with E-state index in [1.807, 2.05) is 19.1 Å². The molecule has 1 aromatic rings. The van der Waals surface area contributed by atoms with Gasteiger partial charge in [0, 0.05) is 5.92 Å². The van der Waals surface area contributed by atoms with Crippen molar-refractivity contribution >= 4 is 0 Å². The number of hydrogen-bond donors (Lipinski definition) is 0. The van der Waals surface area contributed by atoms with Gasteiger partial charge in [-0.25, -0.2) is 4.39 Å². The molecule has 78 valence electrons. The van der Waals surface area contributed by atoms with Crippen molar-refractivity contribution in [3.63, 3.8) is 0 Å². The molecule has 0 heterocycles. The summed E-state index contributed by atoms with van der Waals surface area (Å²) in [7, 11) is 0. The summed E-state index contributed by atoms with van der Waals surface area (Å²) in [5, 5.41) is 0. The summed E-state index contributed by atoms with van der Waals surface area (Å²) in [4.78, 5) is 0. The molecule has 14 heavy (non-hydrogen) atoms. The Kier molecular flexibility index (Phi) is 3.30. The average Bonchev–Trinajstić information content (AvgIpc) is 2.15. The summed E-state index contributed by atoms with van der Waals surface area (Å²) >= 11 is 0. The molecular formula is C13H19F. The van der Waals surface area contributed by atoms with Crippen molar-refractivity contribution in [2.75, 3.05) is 0 Å². The van der Waals surface area contributed by atoms with Gasteiger partial charge in [-0.05, 0) is 31.4 Å². The lowest BCUT2D eigenvalue weighted by atomic mass is 9.87. The molecule has 0 spiro atoms. The van der Waals surface area contributed by atoms with Crippen LogP contribution >= 0.6 is 0 Å². The van der Waals surface area contributed by atoms with Gasteiger partial charge in [0.15, 0.2) is 0 Å². The zero-order chi connectivity index (χ0) is 10.8. The summed E-state index contributed by atoms with van der Waals surface area (Å²) in [5.74, 6) is -0.0472. The van der Waals surface area contributed by atoms with E-state index >= 15 is 0 Å². The van der Waals surface area contributed by atoms with Gasteiger partial charge < -0.3 is 0 Å². The van der Waals surface area contributed by atoms with Crippen molar-refractivity contribution in [1.29, 1.82) is 0 Å². The Morgan fingerprint density at radius 1 is 1.36 bits per heavy atom. The molecule has 1 unspecified atom stereocenters. The molecule has 0 radical (unpaired) electrons. The average molecular weight is 194 g/mol. The smallest absolute Gasteiger partial charge is 0.112 e. The molecule has 1 atom stereocenters. The molecular weight excluding hydrogens is 175 g/mol. The molecule has 0 nitrogen and oxygen atoms in total. The third-order valence-corrected chi connectivity index (χ3v) is 2.89.